The van der Waals surface area contributed by atoms with Gasteiger partial charge in [0.1, 0.15) is 11.3 Å². The highest BCUT2D eigenvalue weighted by atomic mass is 32.2. The average Bonchev–Trinajstić information content (AvgIpc) is 3.23. The number of carboxylic acid groups (broad SMARTS) is 1. The molecule has 1 N–H and O–H groups in total. The maximum absolute atomic E-state index is 10.8. The first-order valence-corrected chi connectivity index (χ1v) is 8.17. The number of ether oxygens (including phenoxy) is 1. The molecule has 0 saturated heterocycles. The fourth-order valence-corrected chi connectivity index (χ4v) is 3.11. The molecule has 1 saturated carbocycles. The third-order valence-corrected chi connectivity index (χ3v) is 4.29. The molecule has 2 aromatic rings. The third kappa shape index (κ3) is 3.00. The second-order valence-corrected chi connectivity index (χ2v) is 6.09. The molecule has 0 radical (unpaired) electrons. The number of nitrogens with zero attached hydrogens (tertiary/aromatic N) is 2. The molecule has 0 amide bonds. The van der Waals surface area contributed by atoms with E-state index in [4.69, 9.17) is 9.84 Å². The van der Waals surface area contributed by atoms with E-state index in [1.807, 2.05) is 18.2 Å². The Bertz CT molecular complexity index is 664. The fraction of sp³-hybridized carbons (Fsp3) is 0.467. The Morgan fingerprint density at radius 2 is 2.33 bits per heavy atom. The highest BCUT2D eigenvalue weighted by molar-refractivity contribution is 7.99. The number of carbonyl (C=O) groups is 1. The van der Waals surface area contributed by atoms with Crippen LogP contribution in [-0.4, -0.2) is 33.0 Å². The van der Waals surface area contributed by atoms with Crippen LogP contribution in [-0.2, 0) is 4.79 Å². The van der Waals surface area contributed by atoms with E-state index in [2.05, 4.69) is 16.5 Å². The van der Waals surface area contributed by atoms with Crippen LogP contribution in [0.4, 0.5) is 0 Å². The smallest absolute Gasteiger partial charge is 0.313 e. The van der Waals surface area contributed by atoms with Crippen LogP contribution in [0, 0.1) is 0 Å². The van der Waals surface area contributed by atoms with Crippen molar-refractivity contribution < 1.29 is 14.6 Å². The maximum atomic E-state index is 10.8. The molecule has 3 rings (SSSR count). The van der Waals surface area contributed by atoms with Crippen LogP contribution in [0.3, 0.4) is 0 Å². The van der Waals surface area contributed by atoms with E-state index in [1.165, 1.54) is 11.8 Å². The Kier molecular flexibility index (Phi) is 4.05. The highest BCUT2D eigenvalue weighted by Crippen LogP contribution is 2.42. The van der Waals surface area contributed by atoms with Crippen molar-refractivity contribution in [1.82, 2.24) is 9.55 Å². The molecule has 112 valence electrons. The van der Waals surface area contributed by atoms with Crippen LogP contribution in [0.2, 0.25) is 0 Å². The van der Waals surface area contributed by atoms with Crippen molar-refractivity contribution in [3.8, 4) is 5.75 Å². The van der Waals surface area contributed by atoms with E-state index in [0.29, 0.717) is 12.6 Å². The van der Waals surface area contributed by atoms with Crippen molar-refractivity contribution in [2.45, 2.75) is 37.4 Å². The lowest BCUT2D eigenvalue weighted by atomic mass is 10.3. The zero-order chi connectivity index (χ0) is 14.8. The van der Waals surface area contributed by atoms with Gasteiger partial charge >= 0.3 is 5.97 Å². The van der Waals surface area contributed by atoms with Gasteiger partial charge in [0.25, 0.3) is 0 Å². The lowest BCUT2D eigenvalue weighted by Crippen LogP contribution is -2.01. The van der Waals surface area contributed by atoms with Crippen molar-refractivity contribution in [1.29, 1.82) is 0 Å². The van der Waals surface area contributed by atoms with Gasteiger partial charge in [0, 0.05) is 6.04 Å². The number of para-hydroxylation sites is 1. The third-order valence-electron chi connectivity index (χ3n) is 3.35. The van der Waals surface area contributed by atoms with Crippen molar-refractivity contribution >= 4 is 28.8 Å². The van der Waals surface area contributed by atoms with Crippen LogP contribution in [0.25, 0.3) is 11.0 Å². The van der Waals surface area contributed by atoms with E-state index in [-0.39, 0.29) is 5.75 Å². The van der Waals surface area contributed by atoms with Crippen molar-refractivity contribution in [2.75, 3.05) is 12.4 Å². The number of hydrogen-bond donors (Lipinski definition) is 1. The largest absolute Gasteiger partial charge is 0.491 e. The molecule has 5 nitrogen and oxygen atoms in total. The first kappa shape index (κ1) is 14.3. The summed E-state index contributed by atoms with van der Waals surface area (Å²) < 4.78 is 7.93. The molecule has 0 unspecified atom stereocenters. The first-order chi connectivity index (χ1) is 10.2. The molecule has 1 aromatic carbocycles. The minimum absolute atomic E-state index is 0.0290. The van der Waals surface area contributed by atoms with Crippen molar-refractivity contribution in [2.24, 2.45) is 0 Å². The van der Waals surface area contributed by atoms with Gasteiger partial charge in [0.05, 0.1) is 17.9 Å². The van der Waals surface area contributed by atoms with Crippen LogP contribution in [0.1, 0.15) is 32.2 Å². The molecule has 1 fully saturated rings. The fourth-order valence-electron chi connectivity index (χ4n) is 2.31. The molecular formula is C15H18N2O3S. The minimum atomic E-state index is -0.822. The number of hydrogen-bond acceptors (Lipinski definition) is 4. The summed E-state index contributed by atoms with van der Waals surface area (Å²) in [5, 5.41) is 9.66. The topological polar surface area (TPSA) is 64.3 Å². The molecule has 1 aliphatic carbocycles. The Labute approximate surface area is 127 Å². The zero-order valence-corrected chi connectivity index (χ0v) is 12.7. The second kappa shape index (κ2) is 5.97. The highest BCUT2D eigenvalue weighted by Gasteiger charge is 2.29. The number of aromatic nitrogens is 2. The van der Waals surface area contributed by atoms with Gasteiger partial charge in [-0.3, -0.25) is 4.79 Å². The summed E-state index contributed by atoms with van der Waals surface area (Å²) in [5.74, 6) is -0.0101. The van der Waals surface area contributed by atoms with E-state index in [9.17, 15) is 4.79 Å². The van der Waals surface area contributed by atoms with Crippen LogP contribution < -0.4 is 4.74 Å². The monoisotopic (exact) mass is 306 g/mol. The normalized spacial score (nSPS) is 14.5. The SMILES string of the molecule is CCCOc1cccc2c1nc(SCC(=O)O)n2C1CC1. The summed E-state index contributed by atoms with van der Waals surface area (Å²) in [6.45, 7) is 2.73. The second-order valence-electron chi connectivity index (χ2n) is 5.15. The number of thioether (sulfide) groups is 1. The molecule has 21 heavy (non-hydrogen) atoms. The molecule has 0 spiro atoms. The average molecular weight is 306 g/mol. The molecule has 0 atom stereocenters. The van der Waals surface area contributed by atoms with Crippen LogP contribution in [0.15, 0.2) is 23.4 Å². The van der Waals surface area contributed by atoms with Gasteiger partial charge in [-0.15, -0.1) is 0 Å². The first-order valence-electron chi connectivity index (χ1n) is 7.19. The molecule has 6 heteroatoms. The van der Waals surface area contributed by atoms with Crippen molar-refractivity contribution in [3.63, 3.8) is 0 Å². The molecule has 1 heterocycles. The van der Waals surface area contributed by atoms with Gasteiger partial charge in [0.15, 0.2) is 5.16 Å². The van der Waals surface area contributed by atoms with Gasteiger partial charge < -0.3 is 14.4 Å². The predicted molar refractivity (Wildman–Crippen MR) is 82.1 cm³/mol. The number of carboxylic acids is 1. The standard InChI is InChI=1S/C15H18N2O3S/c1-2-8-20-12-5-3-4-11-14(12)16-15(21-9-13(18)19)17(11)10-6-7-10/h3-5,10H,2,6-9H2,1H3,(H,18,19). The molecule has 0 bridgehead atoms. The Morgan fingerprint density at radius 1 is 1.52 bits per heavy atom. The predicted octanol–water partition coefficient (Wildman–Crippen LogP) is 3.34. The van der Waals surface area contributed by atoms with E-state index in [0.717, 1.165) is 41.2 Å². The molecule has 1 aromatic heterocycles. The number of aliphatic carboxylic acids is 1. The van der Waals surface area contributed by atoms with Gasteiger partial charge in [-0.25, -0.2) is 4.98 Å². The Hall–Kier alpha value is -1.69. The summed E-state index contributed by atoms with van der Waals surface area (Å²) in [6, 6.07) is 6.38. The lowest BCUT2D eigenvalue weighted by molar-refractivity contribution is -0.133. The molecule has 1 aliphatic rings. The number of fused-ring (bicyclic) bond motifs is 1. The van der Waals surface area contributed by atoms with Gasteiger partial charge in [-0.2, -0.15) is 0 Å². The summed E-state index contributed by atoms with van der Waals surface area (Å²) in [6.07, 6.45) is 3.21. The van der Waals surface area contributed by atoms with Gasteiger partial charge in [-0.05, 0) is 31.4 Å². The van der Waals surface area contributed by atoms with Crippen LogP contribution in [0.5, 0.6) is 5.75 Å². The van der Waals surface area contributed by atoms with E-state index in [1.54, 1.807) is 0 Å². The molecule has 0 aliphatic heterocycles. The summed E-state index contributed by atoms with van der Waals surface area (Å²) in [5.41, 5.74) is 1.88. The molecular weight excluding hydrogens is 288 g/mol. The van der Waals surface area contributed by atoms with E-state index < -0.39 is 5.97 Å². The number of rotatable bonds is 7. The summed E-state index contributed by atoms with van der Waals surface area (Å²) in [4.78, 5) is 15.4. The zero-order valence-electron chi connectivity index (χ0n) is 11.9. The van der Waals surface area contributed by atoms with Gasteiger partial charge in [-0.1, -0.05) is 24.8 Å². The van der Waals surface area contributed by atoms with Gasteiger partial charge in [0.2, 0.25) is 0 Å². The number of benzene rings is 1. The van der Waals surface area contributed by atoms with Crippen molar-refractivity contribution in [3.05, 3.63) is 18.2 Å². The number of imidazole rings is 1. The van der Waals surface area contributed by atoms with Crippen LogP contribution >= 0.6 is 11.8 Å². The minimum Gasteiger partial charge on any atom is -0.491 e. The summed E-state index contributed by atoms with van der Waals surface area (Å²) >= 11 is 1.28. The lowest BCUT2D eigenvalue weighted by Gasteiger charge is -2.07. The quantitative estimate of drug-likeness (QED) is 0.795. The Morgan fingerprint density at radius 3 is 3.00 bits per heavy atom. The van der Waals surface area contributed by atoms with E-state index >= 15 is 0 Å². The maximum Gasteiger partial charge on any atom is 0.313 e. The Balaban J connectivity index is 2.01. The summed E-state index contributed by atoms with van der Waals surface area (Å²) in [7, 11) is 0.